The standard InChI is InChI=1S/C13H18N2O2/c1-8(13(14)16)17-12-5-3-4-9-10(12)6-7-11(9)15-2/h3-5,8,11,15H,6-7H2,1-2H3,(H2,14,16). The van der Waals surface area contributed by atoms with Gasteiger partial charge in [0.2, 0.25) is 0 Å². The van der Waals surface area contributed by atoms with Gasteiger partial charge in [0.15, 0.2) is 6.10 Å². The molecule has 4 heteroatoms. The summed E-state index contributed by atoms with van der Waals surface area (Å²) >= 11 is 0. The average molecular weight is 234 g/mol. The molecule has 17 heavy (non-hydrogen) atoms. The van der Waals surface area contributed by atoms with E-state index in [4.69, 9.17) is 10.5 Å². The highest BCUT2D eigenvalue weighted by Gasteiger charge is 2.24. The van der Waals surface area contributed by atoms with Crippen LogP contribution >= 0.6 is 0 Å². The molecule has 0 saturated carbocycles. The van der Waals surface area contributed by atoms with Gasteiger partial charge in [-0.05, 0) is 44.0 Å². The van der Waals surface area contributed by atoms with Crippen molar-refractivity contribution in [3.8, 4) is 5.75 Å². The fourth-order valence-electron chi connectivity index (χ4n) is 2.28. The first-order valence-electron chi connectivity index (χ1n) is 5.88. The van der Waals surface area contributed by atoms with Gasteiger partial charge in [-0.15, -0.1) is 0 Å². The third-order valence-corrected chi connectivity index (χ3v) is 3.28. The molecule has 0 fully saturated rings. The minimum Gasteiger partial charge on any atom is -0.481 e. The number of benzene rings is 1. The van der Waals surface area contributed by atoms with Crippen LogP contribution in [0.2, 0.25) is 0 Å². The van der Waals surface area contributed by atoms with Gasteiger partial charge in [-0.1, -0.05) is 12.1 Å². The van der Waals surface area contributed by atoms with E-state index in [-0.39, 0.29) is 0 Å². The summed E-state index contributed by atoms with van der Waals surface area (Å²) in [5, 5.41) is 3.28. The molecule has 1 aliphatic carbocycles. The van der Waals surface area contributed by atoms with Gasteiger partial charge in [-0.25, -0.2) is 0 Å². The van der Waals surface area contributed by atoms with Crippen molar-refractivity contribution in [3.63, 3.8) is 0 Å². The Bertz CT molecular complexity index is 431. The summed E-state index contributed by atoms with van der Waals surface area (Å²) < 4.78 is 5.61. The van der Waals surface area contributed by atoms with Crippen molar-refractivity contribution in [2.24, 2.45) is 5.73 Å². The predicted molar refractivity (Wildman–Crippen MR) is 65.8 cm³/mol. The molecule has 0 spiro atoms. The highest BCUT2D eigenvalue weighted by atomic mass is 16.5. The van der Waals surface area contributed by atoms with Gasteiger partial charge in [-0.3, -0.25) is 4.79 Å². The smallest absolute Gasteiger partial charge is 0.258 e. The molecule has 2 rings (SSSR count). The Morgan fingerprint density at radius 2 is 2.35 bits per heavy atom. The molecule has 4 nitrogen and oxygen atoms in total. The van der Waals surface area contributed by atoms with Gasteiger partial charge in [0.25, 0.3) is 5.91 Å². The summed E-state index contributed by atoms with van der Waals surface area (Å²) in [6.45, 7) is 1.67. The Morgan fingerprint density at radius 1 is 1.59 bits per heavy atom. The summed E-state index contributed by atoms with van der Waals surface area (Å²) in [6.07, 6.45) is 1.45. The number of rotatable bonds is 4. The van der Waals surface area contributed by atoms with Crippen LogP contribution in [0.3, 0.4) is 0 Å². The number of ether oxygens (including phenoxy) is 1. The second kappa shape index (κ2) is 4.75. The van der Waals surface area contributed by atoms with Crippen LogP contribution in [0.15, 0.2) is 18.2 Å². The van der Waals surface area contributed by atoms with E-state index in [2.05, 4.69) is 11.4 Å². The minimum atomic E-state index is -0.588. The Labute approximate surface area is 101 Å². The van der Waals surface area contributed by atoms with Crippen LogP contribution in [0.25, 0.3) is 0 Å². The molecule has 1 aliphatic rings. The predicted octanol–water partition coefficient (Wildman–Crippen LogP) is 1.15. The summed E-state index contributed by atoms with van der Waals surface area (Å²) in [4.78, 5) is 11.0. The monoisotopic (exact) mass is 234 g/mol. The van der Waals surface area contributed by atoms with Gasteiger partial charge in [-0.2, -0.15) is 0 Å². The molecule has 1 amide bonds. The van der Waals surface area contributed by atoms with Crippen LogP contribution in [0.4, 0.5) is 0 Å². The van der Waals surface area contributed by atoms with Crippen molar-refractivity contribution >= 4 is 5.91 Å². The van der Waals surface area contributed by atoms with Gasteiger partial charge < -0.3 is 15.8 Å². The molecule has 0 aromatic heterocycles. The van der Waals surface area contributed by atoms with Crippen LogP contribution in [-0.2, 0) is 11.2 Å². The summed E-state index contributed by atoms with van der Waals surface area (Å²) in [7, 11) is 1.96. The zero-order chi connectivity index (χ0) is 12.4. The second-order valence-electron chi connectivity index (χ2n) is 4.37. The minimum absolute atomic E-state index is 0.387. The number of fused-ring (bicyclic) bond motifs is 1. The Morgan fingerprint density at radius 3 is 3.00 bits per heavy atom. The highest BCUT2D eigenvalue weighted by molar-refractivity contribution is 5.78. The van der Waals surface area contributed by atoms with Crippen molar-refractivity contribution in [3.05, 3.63) is 29.3 Å². The fraction of sp³-hybridized carbons (Fsp3) is 0.462. The molecule has 0 bridgehead atoms. The molecule has 0 aliphatic heterocycles. The summed E-state index contributed by atoms with van der Waals surface area (Å²) in [6, 6.07) is 6.34. The lowest BCUT2D eigenvalue weighted by Gasteiger charge is -2.15. The van der Waals surface area contributed by atoms with E-state index in [1.807, 2.05) is 19.2 Å². The lowest BCUT2D eigenvalue weighted by atomic mass is 10.1. The van der Waals surface area contributed by atoms with Gasteiger partial charge >= 0.3 is 0 Å². The third-order valence-electron chi connectivity index (χ3n) is 3.28. The number of nitrogens with one attached hydrogen (secondary N) is 1. The highest BCUT2D eigenvalue weighted by Crippen LogP contribution is 2.36. The van der Waals surface area contributed by atoms with E-state index in [9.17, 15) is 4.79 Å². The van der Waals surface area contributed by atoms with Crippen LogP contribution in [0.1, 0.15) is 30.5 Å². The van der Waals surface area contributed by atoms with Crippen LogP contribution in [0, 0.1) is 0 Å². The quantitative estimate of drug-likeness (QED) is 0.821. The Hall–Kier alpha value is -1.55. The van der Waals surface area contributed by atoms with Crippen molar-refractivity contribution in [2.75, 3.05) is 7.05 Å². The number of carbonyl (C=O) groups is 1. The Balaban J connectivity index is 2.25. The molecular formula is C13H18N2O2. The molecule has 1 aromatic rings. The van der Waals surface area contributed by atoms with E-state index in [0.29, 0.717) is 6.04 Å². The molecule has 3 N–H and O–H groups in total. The molecule has 92 valence electrons. The maximum Gasteiger partial charge on any atom is 0.258 e. The van der Waals surface area contributed by atoms with Crippen LogP contribution in [-0.4, -0.2) is 19.1 Å². The van der Waals surface area contributed by atoms with E-state index < -0.39 is 12.0 Å². The molecule has 0 saturated heterocycles. The first-order chi connectivity index (χ1) is 8.13. The maximum atomic E-state index is 11.0. The van der Waals surface area contributed by atoms with Crippen LogP contribution < -0.4 is 15.8 Å². The first kappa shape index (κ1) is 11.9. The zero-order valence-corrected chi connectivity index (χ0v) is 10.2. The first-order valence-corrected chi connectivity index (χ1v) is 5.88. The number of nitrogens with two attached hydrogens (primary N) is 1. The average Bonchev–Trinajstić information content (AvgIpc) is 2.72. The molecule has 0 heterocycles. The SMILES string of the molecule is CNC1CCc2c(OC(C)C(N)=O)cccc21. The number of carbonyl (C=O) groups excluding carboxylic acids is 1. The van der Waals surface area contributed by atoms with Crippen molar-refractivity contribution in [2.45, 2.75) is 31.9 Å². The van der Waals surface area contributed by atoms with Gasteiger partial charge in [0.05, 0.1) is 0 Å². The summed E-state index contributed by atoms with van der Waals surface area (Å²) in [5.41, 5.74) is 7.67. The number of primary amides is 1. The van der Waals surface area contributed by atoms with Crippen molar-refractivity contribution in [1.29, 1.82) is 0 Å². The van der Waals surface area contributed by atoms with E-state index in [0.717, 1.165) is 18.6 Å². The number of hydrogen-bond donors (Lipinski definition) is 2. The summed E-state index contributed by atoms with van der Waals surface area (Å²) in [5.74, 6) is 0.345. The topological polar surface area (TPSA) is 64.3 Å². The number of amides is 1. The van der Waals surface area contributed by atoms with Gasteiger partial charge in [0.1, 0.15) is 5.75 Å². The maximum absolute atomic E-state index is 11.0. The molecule has 2 atom stereocenters. The normalized spacial score (nSPS) is 19.8. The molecular weight excluding hydrogens is 216 g/mol. The zero-order valence-electron chi connectivity index (χ0n) is 10.2. The van der Waals surface area contributed by atoms with E-state index in [1.54, 1.807) is 6.92 Å². The van der Waals surface area contributed by atoms with Crippen molar-refractivity contribution < 1.29 is 9.53 Å². The molecule has 0 radical (unpaired) electrons. The fourth-order valence-corrected chi connectivity index (χ4v) is 2.28. The lowest BCUT2D eigenvalue weighted by Crippen LogP contribution is -2.30. The molecule has 2 unspecified atom stereocenters. The second-order valence-corrected chi connectivity index (χ2v) is 4.37. The van der Waals surface area contributed by atoms with Crippen molar-refractivity contribution in [1.82, 2.24) is 5.32 Å². The van der Waals surface area contributed by atoms with Crippen LogP contribution in [0.5, 0.6) is 5.75 Å². The third kappa shape index (κ3) is 2.26. The van der Waals surface area contributed by atoms with E-state index in [1.165, 1.54) is 11.1 Å². The number of hydrogen-bond acceptors (Lipinski definition) is 3. The van der Waals surface area contributed by atoms with Gasteiger partial charge in [0, 0.05) is 6.04 Å². The largest absolute Gasteiger partial charge is 0.481 e. The lowest BCUT2D eigenvalue weighted by molar-refractivity contribution is -0.124. The Kier molecular flexibility index (Phi) is 3.33. The van der Waals surface area contributed by atoms with E-state index >= 15 is 0 Å². The molecule has 1 aromatic carbocycles.